The molecule has 0 spiro atoms. The number of hydrogen-bond acceptors (Lipinski definition) is 2. The number of rotatable bonds is 3. The van der Waals surface area contributed by atoms with Crippen LogP contribution >= 0.6 is 18.5 Å². The van der Waals surface area contributed by atoms with E-state index in [0.717, 1.165) is 0 Å². The maximum Gasteiger partial charge on any atom is 0.317 e. The molecule has 6 heteroatoms. The largest absolute Gasteiger partial charge is 0.481 e. The van der Waals surface area contributed by atoms with E-state index in [1.807, 2.05) is 18.5 Å². The topological polar surface area (TPSA) is 74.6 Å². The van der Waals surface area contributed by atoms with Gasteiger partial charge >= 0.3 is 11.9 Å². The summed E-state index contributed by atoms with van der Waals surface area (Å²) in [5, 5.41) is 16.6. The molecule has 0 rings (SSSR count). The summed E-state index contributed by atoms with van der Waals surface area (Å²) in [5.41, 5.74) is 0. The van der Waals surface area contributed by atoms with Gasteiger partial charge in [0, 0.05) is 0 Å². The van der Waals surface area contributed by atoms with Gasteiger partial charge in [0.1, 0.15) is 4.90 Å². The Balaban J connectivity index is 4.13. The van der Waals surface area contributed by atoms with E-state index in [1.54, 1.807) is 0 Å². The van der Waals surface area contributed by atoms with Crippen molar-refractivity contribution in [2.24, 2.45) is 0 Å². The highest BCUT2D eigenvalue weighted by molar-refractivity contribution is 7.42. The normalized spacial score (nSPS) is 11.0. The van der Waals surface area contributed by atoms with E-state index >= 15 is 0 Å². The van der Waals surface area contributed by atoms with Gasteiger partial charge in [-0.1, -0.05) is 0 Å². The Hall–Kier alpha value is -0.200. The van der Waals surface area contributed by atoms with Crippen molar-refractivity contribution in [3.63, 3.8) is 0 Å². The molecule has 0 aromatic rings. The third-order valence-electron chi connectivity index (χ3n) is 0.842. The third-order valence-corrected chi connectivity index (χ3v) is 1.74. The standard InChI is InChI=1S/C4H8O4P2/c5-2(6)1-4(9,10)3(7)8/h1,9-10H2,(H,5,6)(H,7,8). The molecule has 2 atom stereocenters. The van der Waals surface area contributed by atoms with E-state index < -0.39 is 23.3 Å². The van der Waals surface area contributed by atoms with Crippen molar-refractivity contribution < 1.29 is 19.8 Å². The van der Waals surface area contributed by atoms with Crippen molar-refractivity contribution in [2.75, 3.05) is 0 Å². The van der Waals surface area contributed by atoms with Gasteiger partial charge in [-0.05, 0) is 0 Å². The minimum absolute atomic E-state index is 0.419. The first-order valence-electron chi connectivity index (χ1n) is 2.39. The average molecular weight is 182 g/mol. The lowest BCUT2D eigenvalue weighted by Crippen LogP contribution is -2.27. The van der Waals surface area contributed by atoms with Gasteiger partial charge in [0.25, 0.3) is 0 Å². The fourth-order valence-electron chi connectivity index (χ4n) is 0.326. The SMILES string of the molecule is O=C(O)CC(P)(P)C(=O)O. The number of aliphatic carboxylic acids is 2. The Morgan fingerprint density at radius 1 is 1.30 bits per heavy atom. The van der Waals surface area contributed by atoms with Gasteiger partial charge in [0.05, 0.1) is 6.42 Å². The van der Waals surface area contributed by atoms with E-state index in [0.29, 0.717) is 0 Å². The molecule has 0 amide bonds. The van der Waals surface area contributed by atoms with Crippen molar-refractivity contribution in [3.8, 4) is 0 Å². The van der Waals surface area contributed by atoms with Crippen molar-refractivity contribution >= 4 is 30.4 Å². The summed E-state index contributed by atoms with van der Waals surface area (Å²) in [6.07, 6.45) is -0.419. The zero-order valence-electron chi connectivity index (χ0n) is 5.07. The second kappa shape index (κ2) is 3.27. The molecular weight excluding hydrogens is 174 g/mol. The second-order valence-corrected chi connectivity index (χ2v) is 4.64. The van der Waals surface area contributed by atoms with E-state index in [2.05, 4.69) is 0 Å². The molecule has 0 aliphatic rings. The highest BCUT2D eigenvalue weighted by Gasteiger charge is 2.30. The molecular formula is C4H8O4P2. The third kappa shape index (κ3) is 3.09. The molecule has 0 bridgehead atoms. The van der Waals surface area contributed by atoms with Crippen LogP contribution in [0.3, 0.4) is 0 Å². The zero-order chi connectivity index (χ0) is 8.36. The van der Waals surface area contributed by atoms with Crippen LogP contribution < -0.4 is 0 Å². The quantitative estimate of drug-likeness (QED) is 0.602. The minimum atomic E-state index is -1.33. The molecule has 2 N–H and O–H groups in total. The zero-order valence-corrected chi connectivity index (χ0v) is 7.38. The van der Waals surface area contributed by atoms with Gasteiger partial charge in [-0.25, -0.2) is 0 Å². The molecule has 0 aliphatic heterocycles. The highest BCUT2D eigenvalue weighted by atomic mass is 31.1. The molecule has 4 nitrogen and oxygen atoms in total. The Kier molecular flexibility index (Phi) is 3.20. The highest BCUT2D eigenvalue weighted by Crippen LogP contribution is 2.30. The maximum absolute atomic E-state index is 10.3. The molecule has 0 aliphatic carbocycles. The number of carbonyl (C=O) groups is 2. The summed E-state index contributed by atoms with van der Waals surface area (Å²) in [6.45, 7) is 0. The van der Waals surface area contributed by atoms with Crippen LogP contribution in [0.25, 0.3) is 0 Å². The monoisotopic (exact) mass is 182 g/mol. The first kappa shape index (κ1) is 9.80. The minimum Gasteiger partial charge on any atom is -0.481 e. The molecule has 0 aromatic heterocycles. The van der Waals surface area contributed by atoms with Crippen molar-refractivity contribution in [3.05, 3.63) is 0 Å². The van der Waals surface area contributed by atoms with Crippen LogP contribution in [0.15, 0.2) is 0 Å². The van der Waals surface area contributed by atoms with Crippen LogP contribution in [0.1, 0.15) is 6.42 Å². The Bertz CT molecular complexity index is 165. The van der Waals surface area contributed by atoms with Gasteiger partial charge < -0.3 is 10.2 Å². The van der Waals surface area contributed by atoms with Gasteiger partial charge in [0.2, 0.25) is 0 Å². The van der Waals surface area contributed by atoms with Crippen LogP contribution in [0, 0.1) is 0 Å². The van der Waals surface area contributed by atoms with Crippen molar-refractivity contribution in [2.45, 2.75) is 11.3 Å². The van der Waals surface area contributed by atoms with Crippen molar-refractivity contribution in [1.82, 2.24) is 0 Å². The number of carboxylic acid groups (broad SMARTS) is 2. The summed E-state index contributed by atoms with van der Waals surface area (Å²) >= 11 is 0. The summed E-state index contributed by atoms with van der Waals surface area (Å²) in [6, 6.07) is 0. The average Bonchev–Trinajstić information content (AvgIpc) is 1.60. The predicted octanol–water partition coefficient (Wildman–Crippen LogP) is -0.00780. The molecule has 10 heavy (non-hydrogen) atoms. The molecule has 58 valence electrons. The lowest BCUT2D eigenvalue weighted by atomic mass is 10.3. The van der Waals surface area contributed by atoms with E-state index in [-0.39, 0.29) is 0 Å². The molecule has 0 saturated carbocycles. The van der Waals surface area contributed by atoms with Crippen LogP contribution in [0.4, 0.5) is 0 Å². The molecule has 0 heterocycles. The summed E-state index contributed by atoms with van der Waals surface area (Å²) in [4.78, 5) is 19.0. The fraction of sp³-hybridized carbons (Fsp3) is 0.500. The maximum atomic E-state index is 10.3. The van der Waals surface area contributed by atoms with E-state index in [4.69, 9.17) is 10.2 Å². The second-order valence-electron chi connectivity index (χ2n) is 1.92. The first-order valence-corrected chi connectivity index (χ1v) is 3.54. The Morgan fingerprint density at radius 2 is 1.70 bits per heavy atom. The Labute approximate surface area is 62.4 Å². The van der Waals surface area contributed by atoms with Gasteiger partial charge in [0.15, 0.2) is 0 Å². The molecule has 2 unspecified atom stereocenters. The van der Waals surface area contributed by atoms with Gasteiger partial charge in [-0.3, -0.25) is 9.59 Å². The van der Waals surface area contributed by atoms with E-state index in [1.165, 1.54) is 0 Å². The molecule has 0 fully saturated rings. The predicted molar refractivity (Wildman–Crippen MR) is 42.0 cm³/mol. The summed E-state index contributed by atoms with van der Waals surface area (Å²) in [5.74, 6) is -2.29. The van der Waals surface area contributed by atoms with E-state index in [9.17, 15) is 9.59 Å². The molecule has 0 aromatic carbocycles. The first-order chi connectivity index (χ1) is 4.36. The van der Waals surface area contributed by atoms with Crippen LogP contribution in [-0.2, 0) is 9.59 Å². The fourth-order valence-corrected chi connectivity index (χ4v) is 0.675. The van der Waals surface area contributed by atoms with Gasteiger partial charge in [-0.2, -0.15) is 0 Å². The lowest BCUT2D eigenvalue weighted by molar-refractivity contribution is -0.143. The van der Waals surface area contributed by atoms with Crippen LogP contribution in [0.2, 0.25) is 0 Å². The van der Waals surface area contributed by atoms with Crippen molar-refractivity contribution in [1.29, 1.82) is 0 Å². The Morgan fingerprint density at radius 3 is 1.80 bits per heavy atom. The number of carboxylic acids is 2. The summed E-state index contributed by atoms with van der Waals surface area (Å²) in [7, 11) is 3.92. The van der Waals surface area contributed by atoms with Gasteiger partial charge in [-0.15, -0.1) is 18.5 Å². The number of hydrogen-bond donors (Lipinski definition) is 2. The van der Waals surface area contributed by atoms with Crippen LogP contribution in [0.5, 0.6) is 0 Å². The van der Waals surface area contributed by atoms with Crippen LogP contribution in [-0.4, -0.2) is 27.0 Å². The summed E-state index contributed by atoms with van der Waals surface area (Å²) < 4.78 is 0. The molecule has 0 saturated heterocycles. The molecule has 0 radical (unpaired) electrons. The lowest BCUT2D eigenvalue weighted by Gasteiger charge is -2.14. The smallest absolute Gasteiger partial charge is 0.317 e.